The van der Waals surface area contributed by atoms with Crippen molar-refractivity contribution in [3.8, 4) is 0 Å². The molecule has 9 nitrogen and oxygen atoms in total. The Labute approximate surface area is 211 Å². The molecule has 3 heterocycles. The van der Waals surface area contributed by atoms with E-state index in [1.165, 1.54) is 16.2 Å². The number of amides is 3. The molecule has 3 aromatic rings. The molecule has 1 aromatic carbocycles. The highest BCUT2D eigenvalue weighted by atomic mass is 32.1. The number of carbonyl (C=O) groups is 3. The number of hydrogen-bond donors (Lipinski definition) is 3. The van der Waals surface area contributed by atoms with Crippen LogP contribution in [0.25, 0.3) is 0 Å². The van der Waals surface area contributed by atoms with Crippen molar-refractivity contribution < 1.29 is 19.1 Å². The van der Waals surface area contributed by atoms with Gasteiger partial charge in [-0.3, -0.25) is 19.3 Å². The van der Waals surface area contributed by atoms with Crippen molar-refractivity contribution in [3.63, 3.8) is 0 Å². The smallest absolute Gasteiger partial charge is 0.273 e. The third-order valence-electron chi connectivity index (χ3n) is 5.84. The van der Waals surface area contributed by atoms with E-state index in [0.29, 0.717) is 23.7 Å². The fourth-order valence-corrected chi connectivity index (χ4v) is 5.51. The van der Waals surface area contributed by atoms with Gasteiger partial charge in [-0.25, -0.2) is 0 Å². The largest absolute Gasteiger partial charge is 0.395 e. The van der Waals surface area contributed by atoms with Gasteiger partial charge in [-0.15, -0.1) is 11.3 Å². The van der Waals surface area contributed by atoms with E-state index in [9.17, 15) is 14.4 Å². The van der Waals surface area contributed by atoms with Crippen molar-refractivity contribution in [3.05, 3.63) is 62.8 Å². The monoisotopic (exact) mass is 513 g/mol. The van der Waals surface area contributed by atoms with Crippen LogP contribution < -0.4 is 21.7 Å². The van der Waals surface area contributed by atoms with E-state index in [2.05, 4.69) is 9.69 Å². The summed E-state index contributed by atoms with van der Waals surface area (Å²) in [6, 6.07) is 10.1. The molecule has 5 N–H and O–H groups in total. The van der Waals surface area contributed by atoms with Gasteiger partial charge in [-0.05, 0) is 59.9 Å². The Morgan fingerprint density at radius 2 is 2.03 bits per heavy atom. The van der Waals surface area contributed by atoms with Crippen LogP contribution in [-0.4, -0.2) is 41.4 Å². The van der Waals surface area contributed by atoms with Gasteiger partial charge in [0.15, 0.2) is 11.7 Å². The van der Waals surface area contributed by atoms with Gasteiger partial charge in [0, 0.05) is 23.7 Å². The van der Waals surface area contributed by atoms with Crippen LogP contribution in [0, 0.1) is 0 Å². The van der Waals surface area contributed by atoms with Gasteiger partial charge in [0.25, 0.3) is 11.8 Å². The third kappa shape index (κ3) is 5.37. The molecule has 1 fully saturated rings. The molecule has 2 atom stereocenters. The number of nitrogens with two attached hydrogens (primary N) is 2. The number of nitrogen functional groups attached to an aromatic ring is 1. The number of thiophene rings is 1. The number of hydrogen-bond acceptors (Lipinski definition) is 8. The summed E-state index contributed by atoms with van der Waals surface area (Å²) in [5, 5.41) is 4.81. The van der Waals surface area contributed by atoms with E-state index in [1.807, 2.05) is 36.6 Å². The van der Waals surface area contributed by atoms with E-state index < -0.39 is 17.9 Å². The number of carbonyl (C=O) groups excluding carboxylic acids is 3. The summed E-state index contributed by atoms with van der Waals surface area (Å²) in [6.45, 7) is 3.07. The zero-order valence-electron chi connectivity index (χ0n) is 19.2. The van der Waals surface area contributed by atoms with Gasteiger partial charge in [0.2, 0.25) is 5.91 Å². The topological polar surface area (TPSA) is 141 Å². The average molecular weight is 514 g/mol. The summed E-state index contributed by atoms with van der Waals surface area (Å²) >= 11 is 2.16. The summed E-state index contributed by atoms with van der Waals surface area (Å²) in [7, 11) is 0. The van der Waals surface area contributed by atoms with Crippen LogP contribution in [0.3, 0.4) is 0 Å². The van der Waals surface area contributed by atoms with Gasteiger partial charge in [0.05, 0.1) is 11.8 Å². The standard InChI is InChI=1S/C24H27N5O4S2/c1-2-14-7-9-15(10-8-14)29(24(32)21-18(25)19(22(26)30)28-35-21)20(17-6-4-12-34-17)23(31)27-13-16-5-3-11-33-16/h4,6-10,12,16,20H,2-3,5,11,13,25H2,1H3,(H2,26,30)(H,27,31)/t16-,20+/m0/s1. The molecule has 1 aliphatic heterocycles. The van der Waals surface area contributed by atoms with Crippen LogP contribution >= 0.6 is 22.9 Å². The maximum atomic E-state index is 13.9. The lowest BCUT2D eigenvalue weighted by atomic mass is 10.1. The predicted octanol–water partition coefficient (Wildman–Crippen LogP) is 3.13. The molecular formula is C24H27N5O4S2. The number of nitrogens with zero attached hydrogens (tertiary/aromatic N) is 2. The maximum Gasteiger partial charge on any atom is 0.273 e. The number of benzene rings is 1. The molecule has 0 saturated carbocycles. The molecule has 4 rings (SSSR count). The molecule has 3 amide bonds. The first-order valence-corrected chi connectivity index (χ1v) is 13.0. The first-order chi connectivity index (χ1) is 16.9. The van der Waals surface area contributed by atoms with Gasteiger partial charge in [-0.1, -0.05) is 25.1 Å². The highest BCUT2D eigenvalue weighted by Crippen LogP contribution is 2.35. The van der Waals surface area contributed by atoms with Gasteiger partial charge in [-0.2, -0.15) is 4.37 Å². The number of rotatable bonds is 9. The fourth-order valence-electron chi connectivity index (χ4n) is 3.95. The number of aromatic nitrogens is 1. The highest BCUT2D eigenvalue weighted by molar-refractivity contribution is 7.10. The van der Waals surface area contributed by atoms with Crippen molar-refractivity contribution in [1.82, 2.24) is 9.69 Å². The number of ether oxygens (including phenoxy) is 1. The average Bonchev–Trinajstić information content (AvgIpc) is 3.63. The molecule has 0 radical (unpaired) electrons. The highest BCUT2D eigenvalue weighted by Gasteiger charge is 2.36. The Balaban J connectivity index is 1.76. The summed E-state index contributed by atoms with van der Waals surface area (Å²) in [5.41, 5.74) is 12.8. The van der Waals surface area contributed by atoms with Crippen molar-refractivity contribution in [2.45, 2.75) is 38.3 Å². The summed E-state index contributed by atoms with van der Waals surface area (Å²) < 4.78 is 9.62. The van der Waals surface area contributed by atoms with Crippen LogP contribution in [0.15, 0.2) is 41.8 Å². The van der Waals surface area contributed by atoms with E-state index in [1.54, 1.807) is 12.1 Å². The van der Waals surface area contributed by atoms with Gasteiger partial charge in [0.1, 0.15) is 4.88 Å². The van der Waals surface area contributed by atoms with E-state index in [0.717, 1.165) is 36.4 Å². The van der Waals surface area contributed by atoms with Crippen LogP contribution in [0.4, 0.5) is 11.4 Å². The first kappa shape index (κ1) is 24.8. The SMILES string of the molecule is CCc1ccc(N(C(=O)c2snc(C(N)=O)c2N)[C@@H](C(=O)NC[C@@H]2CCCO2)c2cccs2)cc1. The van der Waals surface area contributed by atoms with Crippen molar-refractivity contribution in [1.29, 1.82) is 0 Å². The minimum Gasteiger partial charge on any atom is -0.395 e. The van der Waals surface area contributed by atoms with E-state index in [-0.39, 0.29) is 28.3 Å². The molecule has 0 bridgehead atoms. The fraction of sp³-hybridized carbons (Fsp3) is 0.333. The van der Waals surface area contributed by atoms with Crippen LogP contribution in [0.1, 0.15) is 56.4 Å². The molecule has 1 saturated heterocycles. The second-order valence-electron chi connectivity index (χ2n) is 8.13. The summed E-state index contributed by atoms with van der Waals surface area (Å²) in [5.74, 6) is -1.70. The zero-order chi connectivity index (χ0) is 24.9. The van der Waals surface area contributed by atoms with Gasteiger partial charge >= 0.3 is 0 Å². The first-order valence-electron chi connectivity index (χ1n) is 11.3. The van der Waals surface area contributed by atoms with E-state index >= 15 is 0 Å². The number of aryl methyl sites for hydroxylation is 1. The second kappa shape index (κ2) is 11.0. The molecule has 35 heavy (non-hydrogen) atoms. The molecule has 11 heteroatoms. The summed E-state index contributed by atoms with van der Waals surface area (Å²) in [6.07, 6.45) is 2.61. The minimum atomic E-state index is -0.963. The van der Waals surface area contributed by atoms with E-state index in [4.69, 9.17) is 16.2 Å². The number of nitrogens with one attached hydrogen (secondary N) is 1. The van der Waals surface area contributed by atoms with Crippen LogP contribution in [0.2, 0.25) is 0 Å². The molecule has 0 unspecified atom stereocenters. The molecular weight excluding hydrogens is 486 g/mol. The zero-order valence-corrected chi connectivity index (χ0v) is 20.9. The van der Waals surface area contributed by atoms with Gasteiger partial charge < -0.3 is 21.5 Å². The summed E-state index contributed by atoms with van der Waals surface area (Å²) in [4.78, 5) is 41.4. The van der Waals surface area contributed by atoms with Crippen LogP contribution in [-0.2, 0) is 16.0 Å². The molecule has 1 aliphatic rings. The van der Waals surface area contributed by atoms with Crippen molar-refractivity contribution >= 4 is 52.0 Å². The normalized spacial score (nSPS) is 16.1. The molecule has 2 aromatic heterocycles. The minimum absolute atomic E-state index is 0.0480. The molecule has 0 aliphatic carbocycles. The quantitative estimate of drug-likeness (QED) is 0.401. The van der Waals surface area contributed by atoms with Crippen LogP contribution in [0.5, 0.6) is 0 Å². The lowest BCUT2D eigenvalue weighted by Crippen LogP contribution is -2.45. The Bertz CT molecular complexity index is 1190. The Morgan fingerprint density at radius 3 is 2.60 bits per heavy atom. The maximum absolute atomic E-state index is 13.9. The lowest BCUT2D eigenvalue weighted by Gasteiger charge is -2.30. The van der Waals surface area contributed by atoms with Crippen molar-refractivity contribution in [2.24, 2.45) is 5.73 Å². The number of anilines is 2. The second-order valence-corrected chi connectivity index (χ2v) is 9.88. The Kier molecular flexibility index (Phi) is 7.79. The predicted molar refractivity (Wildman–Crippen MR) is 137 cm³/mol. The molecule has 184 valence electrons. The Morgan fingerprint density at radius 1 is 1.26 bits per heavy atom. The third-order valence-corrected chi connectivity index (χ3v) is 7.62. The van der Waals surface area contributed by atoms with Crippen molar-refractivity contribution in [2.75, 3.05) is 23.8 Å². The Hall–Kier alpha value is -3.28. The lowest BCUT2D eigenvalue weighted by molar-refractivity contribution is -0.122. The molecule has 0 spiro atoms. The number of primary amides is 1.